The quantitative estimate of drug-likeness (QED) is 0.876. The molecule has 1 aliphatic rings. The van der Waals surface area contributed by atoms with E-state index in [1.165, 1.54) is 0 Å². The summed E-state index contributed by atoms with van der Waals surface area (Å²) in [5.74, 6) is 0.124. The molecule has 2 rings (SSSR count). The number of hydrogen-bond acceptors (Lipinski definition) is 3. The average Bonchev–Trinajstić information content (AvgIpc) is 2.55. The van der Waals surface area contributed by atoms with Crippen molar-refractivity contribution in [2.75, 3.05) is 26.2 Å². The van der Waals surface area contributed by atoms with E-state index in [9.17, 15) is 9.59 Å². The zero-order valence-corrected chi connectivity index (χ0v) is 15.6. The molecule has 1 atom stereocenters. The predicted octanol–water partition coefficient (Wildman–Crippen LogP) is 1.96. The van der Waals surface area contributed by atoms with Crippen molar-refractivity contribution in [3.05, 3.63) is 34.9 Å². The minimum absolute atomic E-state index is 0. The average molecular weight is 374 g/mol. The fourth-order valence-corrected chi connectivity index (χ4v) is 2.79. The summed E-state index contributed by atoms with van der Waals surface area (Å²) >= 11 is 6.10. The van der Waals surface area contributed by atoms with Gasteiger partial charge in [0.1, 0.15) is 0 Å². The highest BCUT2D eigenvalue weighted by molar-refractivity contribution is 6.31. The van der Waals surface area contributed by atoms with Crippen LogP contribution in [-0.2, 0) is 16.0 Å². The van der Waals surface area contributed by atoms with Crippen molar-refractivity contribution in [2.45, 2.75) is 26.3 Å². The maximum atomic E-state index is 12.4. The highest BCUT2D eigenvalue weighted by Crippen LogP contribution is 2.17. The number of hydrogen-bond donors (Lipinski definition) is 1. The summed E-state index contributed by atoms with van der Waals surface area (Å²) in [5, 5.41) is 0.609. The number of carbonyl (C=O) groups excluding carboxylic acids is 2. The summed E-state index contributed by atoms with van der Waals surface area (Å²) in [4.78, 5) is 28.1. The van der Waals surface area contributed by atoms with Crippen LogP contribution in [-0.4, -0.2) is 53.8 Å². The van der Waals surface area contributed by atoms with Gasteiger partial charge in [0.2, 0.25) is 11.8 Å². The van der Waals surface area contributed by atoms with E-state index < -0.39 is 6.04 Å². The van der Waals surface area contributed by atoms with E-state index in [0.717, 1.165) is 5.56 Å². The smallest absolute Gasteiger partial charge is 0.239 e. The van der Waals surface area contributed by atoms with Gasteiger partial charge in [-0.2, -0.15) is 0 Å². The molecule has 24 heavy (non-hydrogen) atoms. The molecule has 0 aromatic heterocycles. The summed E-state index contributed by atoms with van der Waals surface area (Å²) in [6, 6.07) is 6.90. The van der Waals surface area contributed by atoms with Crippen LogP contribution in [0.3, 0.4) is 0 Å². The van der Waals surface area contributed by atoms with E-state index in [-0.39, 0.29) is 30.1 Å². The molecule has 0 spiro atoms. The second-order valence-corrected chi connectivity index (χ2v) is 6.65. The molecule has 0 saturated carbocycles. The Morgan fingerprint density at radius 3 is 2.21 bits per heavy atom. The van der Waals surface area contributed by atoms with Crippen LogP contribution in [0.4, 0.5) is 0 Å². The number of benzene rings is 1. The number of nitrogens with zero attached hydrogens (tertiary/aromatic N) is 2. The molecular weight excluding hydrogens is 349 g/mol. The summed E-state index contributed by atoms with van der Waals surface area (Å²) in [5.41, 5.74) is 6.75. The lowest BCUT2D eigenvalue weighted by Gasteiger charge is -2.36. The molecule has 1 aromatic carbocycles. The molecule has 2 amide bonds. The van der Waals surface area contributed by atoms with Crippen LogP contribution in [0.25, 0.3) is 0 Å². The van der Waals surface area contributed by atoms with Crippen LogP contribution in [0.2, 0.25) is 5.02 Å². The maximum absolute atomic E-state index is 12.4. The molecule has 1 heterocycles. The molecule has 1 saturated heterocycles. The number of carbonyl (C=O) groups is 2. The maximum Gasteiger partial charge on any atom is 0.239 e. The van der Waals surface area contributed by atoms with Crippen LogP contribution in [0, 0.1) is 5.92 Å². The molecule has 0 radical (unpaired) electrons. The normalized spacial score (nSPS) is 15.9. The molecule has 134 valence electrons. The van der Waals surface area contributed by atoms with Gasteiger partial charge in [-0.3, -0.25) is 9.59 Å². The molecule has 0 aliphatic carbocycles. The number of nitrogens with two attached hydrogens (primary N) is 1. The molecule has 7 heteroatoms. The highest BCUT2D eigenvalue weighted by atomic mass is 35.5. The van der Waals surface area contributed by atoms with Gasteiger partial charge in [0.25, 0.3) is 0 Å². The second kappa shape index (κ2) is 9.25. The van der Waals surface area contributed by atoms with Crippen molar-refractivity contribution in [1.82, 2.24) is 9.80 Å². The summed E-state index contributed by atoms with van der Waals surface area (Å²) in [6.45, 7) is 6.03. The summed E-state index contributed by atoms with van der Waals surface area (Å²) in [6.07, 6.45) is 0.291. The van der Waals surface area contributed by atoms with E-state index in [1.54, 1.807) is 15.9 Å². The van der Waals surface area contributed by atoms with E-state index in [0.29, 0.717) is 37.6 Å². The van der Waals surface area contributed by atoms with Gasteiger partial charge in [0.15, 0.2) is 0 Å². The Hall–Kier alpha value is -1.30. The van der Waals surface area contributed by atoms with E-state index in [4.69, 9.17) is 17.3 Å². The topological polar surface area (TPSA) is 66.6 Å². The lowest BCUT2D eigenvalue weighted by molar-refractivity contribution is -0.140. The van der Waals surface area contributed by atoms with Crippen molar-refractivity contribution in [3.8, 4) is 0 Å². The van der Waals surface area contributed by atoms with Crippen molar-refractivity contribution in [3.63, 3.8) is 0 Å². The van der Waals surface area contributed by atoms with Crippen molar-refractivity contribution in [2.24, 2.45) is 11.7 Å². The Kier molecular flexibility index (Phi) is 8.00. The first-order chi connectivity index (χ1) is 10.9. The number of amides is 2. The Morgan fingerprint density at radius 1 is 1.12 bits per heavy atom. The zero-order chi connectivity index (χ0) is 17.0. The Balaban J connectivity index is 0.00000288. The predicted molar refractivity (Wildman–Crippen MR) is 98.4 cm³/mol. The van der Waals surface area contributed by atoms with Crippen LogP contribution in [0.15, 0.2) is 24.3 Å². The lowest BCUT2D eigenvalue weighted by atomic mass is 10.0. The fourth-order valence-electron chi connectivity index (χ4n) is 2.59. The van der Waals surface area contributed by atoms with Gasteiger partial charge in [0, 0.05) is 31.2 Å². The van der Waals surface area contributed by atoms with Crippen LogP contribution in [0.5, 0.6) is 0 Å². The number of rotatable bonds is 4. The Bertz CT molecular complexity index is 573. The number of piperazine rings is 1. The first-order valence-corrected chi connectivity index (χ1v) is 8.33. The first-order valence-electron chi connectivity index (χ1n) is 7.95. The van der Waals surface area contributed by atoms with Crippen molar-refractivity contribution >= 4 is 35.8 Å². The largest absolute Gasteiger partial charge is 0.339 e. The van der Waals surface area contributed by atoms with Crippen LogP contribution >= 0.6 is 24.0 Å². The van der Waals surface area contributed by atoms with Gasteiger partial charge in [-0.15, -0.1) is 12.4 Å². The van der Waals surface area contributed by atoms with E-state index in [2.05, 4.69) is 0 Å². The van der Waals surface area contributed by atoms with Gasteiger partial charge in [-0.05, 0) is 17.5 Å². The second-order valence-electron chi connectivity index (χ2n) is 6.24. The van der Waals surface area contributed by atoms with Gasteiger partial charge in [0.05, 0.1) is 12.5 Å². The highest BCUT2D eigenvalue weighted by Gasteiger charge is 2.28. The van der Waals surface area contributed by atoms with E-state index >= 15 is 0 Å². The third kappa shape index (κ3) is 5.10. The van der Waals surface area contributed by atoms with Gasteiger partial charge in [-0.1, -0.05) is 43.6 Å². The van der Waals surface area contributed by atoms with Crippen LogP contribution in [0.1, 0.15) is 19.4 Å². The fraction of sp³-hybridized carbons (Fsp3) is 0.529. The van der Waals surface area contributed by atoms with Crippen molar-refractivity contribution in [1.29, 1.82) is 0 Å². The summed E-state index contributed by atoms with van der Waals surface area (Å²) in [7, 11) is 0. The lowest BCUT2D eigenvalue weighted by Crippen LogP contribution is -2.55. The van der Waals surface area contributed by atoms with Gasteiger partial charge < -0.3 is 15.5 Å². The molecule has 1 aromatic rings. The third-order valence-electron chi connectivity index (χ3n) is 4.25. The minimum atomic E-state index is -0.472. The number of halogens is 2. The molecule has 1 fully saturated rings. The van der Waals surface area contributed by atoms with Gasteiger partial charge >= 0.3 is 0 Å². The molecular formula is C17H25Cl2N3O2. The molecule has 5 nitrogen and oxygen atoms in total. The Morgan fingerprint density at radius 2 is 1.67 bits per heavy atom. The summed E-state index contributed by atoms with van der Waals surface area (Å²) < 4.78 is 0. The molecule has 0 bridgehead atoms. The Labute approximate surface area is 154 Å². The molecule has 2 N–H and O–H groups in total. The standard InChI is InChI=1S/C17H24ClN3O2.ClH/c1-12(2)16(19)17(23)21-9-7-20(8-10-21)15(22)11-13-5-3-4-6-14(13)18;/h3-6,12,16H,7-11,19H2,1-2H3;1H. The minimum Gasteiger partial charge on any atom is -0.339 e. The molecule has 1 aliphatic heterocycles. The van der Waals surface area contributed by atoms with Crippen molar-refractivity contribution < 1.29 is 9.59 Å². The van der Waals surface area contributed by atoms with Crippen LogP contribution < -0.4 is 5.73 Å². The first kappa shape index (κ1) is 20.7. The van der Waals surface area contributed by atoms with E-state index in [1.807, 2.05) is 32.0 Å². The zero-order valence-electron chi connectivity index (χ0n) is 14.1. The van der Waals surface area contributed by atoms with Gasteiger partial charge in [-0.25, -0.2) is 0 Å². The molecule has 1 unspecified atom stereocenters. The monoisotopic (exact) mass is 373 g/mol. The third-order valence-corrected chi connectivity index (χ3v) is 4.62. The SMILES string of the molecule is CC(C)C(N)C(=O)N1CCN(C(=O)Cc2ccccc2Cl)CC1.Cl.